The lowest BCUT2D eigenvalue weighted by atomic mass is 10.0. The fraction of sp³-hybridized carbons (Fsp3) is 1.00. The minimum atomic E-state index is -4.22. The monoisotopic (exact) mass is 666 g/mol. The van der Waals surface area contributed by atoms with E-state index in [1.165, 1.54) is 116 Å². The average Bonchev–Trinajstić information content (AvgIpc) is 2.95. The molecule has 0 aromatic rings. The summed E-state index contributed by atoms with van der Waals surface area (Å²) < 4.78 is 69.9. The highest BCUT2D eigenvalue weighted by atomic mass is 32.2. The SMILES string of the molecule is CCCCCCCCCCCC[N+]1(CCCS(=O)(=O)[O-])CC[N+](CCCCCCCCCCCC)(CCCS(=O)(=O)[O-])CC1. The third-order valence-corrected chi connectivity index (χ3v) is 11.7. The van der Waals surface area contributed by atoms with Crippen LogP contribution >= 0.6 is 0 Å². The number of quaternary nitrogens is 2. The van der Waals surface area contributed by atoms with E-state index in [2.05, 4.69) is 13.8 Å². The van der Waals surface area contributed by atoms with Crippen molar-refractivity contribution in [2.45, 2.75) is 155 Å². The molecule has 0 atom stereocenters. The molecule has 0 aromatic heterocycles. The highest BCUT2D eigenvalue weighted by Crippen LogP contribution is 2.25. The van der Waals surface area contributed by atoms with Crippen molar-refractivity contribution in [3.8, 4) is 0 Å². The van der Waals surface area contributed by atoms with Crippen LogP contribution < -0.4 is 0 Å². The van der Waals surface area contributed by atoms with Crippen molar-refractivity contribution in [2.75, 3.05) is 63.9 Å². The quantitative estimate of drug-likeness (QED) is 0.0450. The second kappa shape index (κ2) is 24.0. The minimum Gasteiger partial charge on any atom is -0.748 e. The molecule has 1 fully saturated rings. The molecular weight excluding hydrogens is 597 g/mol. The van der Waals surface area contributed by atoms with Crippen LogP contribution in [0.1, 0.15) is 155 Å². The summed E-state index contributed by atoms with van der Waals surface area (Å²) >= 11 is 0. The first-order chi connectivity index (χ1) is 20.9. The molecule has 0 bridgehead atoms. The summed E-state index contributed by atoms with van der Waals surface area (Å²) in [5.41, 5.74) is 0. The topological polar surface area (TPSA) is 114 Å². The maximum Gasteiger partial charge on any atom is 0.129 e. The van der Waals surface area contributed by atoms with Crippen LogP contribution in [0.2, 0.25) is 0 Å². The zero-order valence-electron chi connectivity index (χ0n) is 28.8. The minimum absolute atomic E-state index is 0.301. The molecule has 0 spiro atoms. The Morgan fingerprint density at radius 1 is 0.386 bits per heavy atom. The Morgan fingerprint density at radius 2 is 0.614 bits per heavy atom. The lowest BCUT2D eigenvalue weighted by Gasteiger charge is -2.50. The predicted octanol–water partition coefficient (Wildman–Crippen LogP) is 7.35. The lowest BCUT2D eigenvalue weighted by molar-refractivity contribution is -1.03. The van der Waals surface area contributed by atoms with Crippen LogP contribution in [-0.4, -0.2) is 98.8 Å². The van der Waals surface area contributed by atoms with Crippen molar-refractivity contribution in [3.63, 3.8) is 0 Å². The van der Waals surface area contributed by atoms with E-state index in [-0.39, 0.29) is 11.5 Å². The molecule has 1 saturated heterocycles. The molecule has 0 unspecified atom stereocenters. The standard InChI is InChI=1S/C34H70N2O6S2/c1-3-5-7-9-11-13-15-17-19-21-25-35(27-23-33-43(37,38)39)29-31-36(32-30-35,28-24-34-44(40,41)42)26-22-20-18-16-14-12-10-8-6-4-2/h3-34H2,1-2H3. The fourth-order valence-corrected chi connectivity index (χ4v) is 8.18. The van der Waals surface area contributed by atoms with Gasteiger partial charge in [0, 0.05) is 24.3 Å². The van der Waals surface area contributed by atoms with Gasteiger partial charge >= 0.3 is 0 Å². The summed E-state index contributed by atoms with van der Waals surface area (Å²) in [6.45, 7) is 11.7. The van der Waals surface area contributed by atoms with Crippen LogP contribution in [0.4, 0.5) is 0 Å². The van der Waals surface area contributed by atoms with E-state index in [4.69, 9.17) is 0 Å². The normalized spacial score (nSPS) is 21.2. The molecule has 0 amide bonds. The van der Waals surface area contributed by atoms with Gasteiger partial charge in [0.2, 0.25) is 0 Å². The zero-order valence-corrected chi connectivity index (χ0v) is 30.4. The van der Waals surface area contributed by atoms with Gasteiger partial charge in [-0.2, -0.15) is 0 Å². The first-order valence-corrected chi connectivity index (χ1v) is 21.7. The Morgan fingerprint density at radius 3 is 0.864 bits per heavy atom. The van der Waals surface area contributed by atoms with Gasteiger partial charge in [-0.05, 0) is 25.7 Å². The van der Waals surface area contributed by atoms with Gasteiger partial charge in [0.05, 0.1) is 46.4 Å². The maximum atomic E-state index is 11.4. The highest BCUT2D eigenvalue weighted by molar-refractivity contribution is 7.85. The number of rotatable bonds is 30. The van der Waals surface area contributed by atoms with Gasteiger partial charge in [-0.3, -0.25) is 0 Å². The van der Waals surface area contributed by atoms with Crippen LogP contribution in [0, 0.1) is 0 Å². The van der Waals surface area contributed by atoms with Gasteiger partial charge in [0.1, 0.15) is 26.2 Å². The summed E-state index contributed by atoms with van der Waals surface area (Å²) in [5, 5.41) is 0. The zero-order chi connectivity index (χ0) is 32.6. The lowest BCUT2D eigenvalue weighted by Crippen LogP contribution is -2.67. The van der Waals surface area contributed by atoms with E-state index < -0.39 is 20.2 Å². The molecule has 264 valence electrons. The van der Waals surface area contributed by atoms with Gasteiger partial charge < -0.3 is 18.1 Å². The summed E-state index contributed by atoms with van der Waals surface area (Å²) in [7, 11) is -8.45. The summed E-state index contributed by atoms with van der Waals surface area (Å²) in [6, 6.07) is 0. The molecule has 0 aromatic carbocycles. The van der Waals surface area contributed by atoms with E-state index >= 15 is 0 Å². The molecule has 0 N–H and O–H groups in total. The van der Waals surface area contributed by atoms with Crippen molar-refractivity contribution < 1.29 is 34.9 Å². The van der Waals surface area contributed by atoms with Gasteiger partial charge in [0.25, 0.3) is 0 Å². The van der Waals surface area contributed by atoms with Crippen molar-refractivity contribution in [1.82, 2.24) is 0 Å². The van der Waals surface area contributed by atoms with Crippen LogP contribution in [0.5, 0.6) is 0 Å². The van der Waals surface area contributed by atoms with Crippen LogP contribution in [0.25, 0.3) is 0 Å². The second-order valence-corrected chi connectivity index (χ2v) is 17.1. The highest BCUT2D eigenvalue weighted by Gasteiger charge is 2.41. The number of piperazine rings is 1. The average molecular weight is 667 g/mol. The van der Waals surface area contributed by atoms with Gasteiger partial charge in [-0.25, -0.2) is 16.8 Å². The summed E-state index contributed by atoms with van der Waals surface area (Å²) in [6.07, 6.45) is 26.4. The van der Waals surface area contributed by atoms with E-state index in [0.29, 0.717) is 25.9 Å². The Bertz CT molecular complexity index is 829. The second-order valence-electron chi connectivity index (χ2n) is 14.1. The molecule has 1 rings (SSSR count). The number of hydrogen-bond acceptors (Lipinski definition) is 6. The third kappa shape index (κ3) is 22.3. The van der Waals surface area contributed by atoms with E-state index in [1.807, 2.05) is 0 Å². The summed E-state index contributed by atoms with van der Waals surface area (Å²) in [4.78, 5) is 0. The Hall–Kier alpha value is -0.260. The van der Waals surface area contributed by atoms with Crippen molar-refractivity contribution in [1.29, 1.82) is 0 Å². The van der Waals surface area contributed by atoms with Gasteiger partial charge in [0.15, 0.2) is 0 Å². The Labute approximate surface area is 273 Å². The molecular formula is C34H70N2O6S2. The molecule has 1 aliphatic rings. The van der Waals surface area contributed by atoms with E-state index in [1.54, 1.807) is 0 Å². The van der Waals surface area contributed by atoms with Gasteiger partial charge in [-0.15, -0.1) is 0 Å². The molecule has 0 saturated carbocycles. The first-order valence-electron chi connectivity index (χ1n) is 18.5. The molecule has 8 nitrogen and oxygen atoms in total. The van der Waals surface area contributed by atoms with Crippen molar-refractivity contribution in [2.24, 2.45) is 0 Å². The van der Waals surface area contributed by atoms with Crippen molar-refractivity contribution >= 4 is 20.2 Å². The predicted molar refractivity (Wildman–Crippen MR) is 182 cm³/mol. The van der Waals surface area contributed by atoms with Crippen LogP contribution in [0.3, 0.4) is 0 Å². The molecule has 1 aliphatic heterocycles. The molecule has 0 aliphatic carbocycles. The third-order valence-electron chi connectivity index (χ3n) is 10.1. The molecule has 44 heavy (non-hydrogen) atoms. The maximum absolute atomic E-state index is 11.4. The van der Waals surface area contributed by atoms with Crippen molar-refractivity contribution in [3.05, 3.63) is 0 Å². The van der Waals surface area contributed by atoms with Crippen LogP contribution in [0.15, 0.2) is 0 Å². The van der Waals surface area contributed by atoms with E-state index in [9.17, 15) is 25.9 Å². The number of hydrogen-bond donors (Lipinski definition) is 0. The number of nitrogens with zero attached hydrogens (tertiary/aromatic N) is 2. The molecule has 10 heteroatoms. The van der Waals surface area contributed by atoms with Crippen LogP contribution in [-0.2, 0) is 20.2 Å². The molecule has 1 heterocycles. The molecule has 0 radical (unpaired) electrons. The first kappa shape index (κ1) is 41.8. The summed E-state index contributed by atoms with van der Waals surface area (Å²) in [5.74, 6) is -0.601. The van der Waals surface area contributed by atoms with Gasteiger partial charge in [-0.1, -0.05) is 117 Å². The number of unbranched alkanes of at least 4 members (excludes halogenated alkanes) is 18. The largest absolute Gasteiger partial charge is 0.748 e. The van der Waals surface area contributed by atoms with E-state index in [0.717, 1.165) is 61.1 Å². The fourth-order valence-electron chi connectivity index (χ4n) is 7.21. The Kier molecular flexibility index (Phi) is 22.7. The smallest absolute Gasteiger partial charge is 0.129 e. The Balaban J connectivity index is 2.64.